The van der Waals surface area contributed by atoms with Gasteiger partial charge in [0.05, 0.1) is 0 Å². The molecule has 4 aromatic rings. The summed E-state index contributed by atoms with van der Waals surface area (Å²) in [5.41, 5.74) is 5.88. The van der Waals surface area contributed by atoms with Crippen molar-refractivity contribution in [3.63, 3.8) is 0 Å². The lowest BCUT2D eigenvalue weighted by Crippen LogP contribution is -1.98. The molecule has 3 heteroatoms. The van der Waals surface area contributed by atoms with Crippen LogP contribution in [0.4, 0.5) is 0 Å². The summed E-state index contributed by atoms with van der Waals surface area (Å²) in [6.07, 6.45) is 0. The van der Waals surface area contributed by atoms with E-state index in [2.05, 4.69) is 22.1 Å². The molecule has 0 aliphatic rings. The van der Waals surface area contributed by atoms with Gasteiger partial charge in [-0.25, -0.2) is 9.97 Å². The third kappa shape index (κ3) is 1.90. The van der Waals surface area contributed by atoms with Crippen LogP contribution in [0.15, 0.2) is 40.8 Å². The van der Waals surface area contributed by atoms with Gasteiger partial charge in [0.2, 0.25) is 0 Å². The minimum atomic E-state index is 0.745. The molecule has 0 N–H and O–H groups in total. The second-order valence-electron chi connectivity index (χ2n) is 5.58. The summed E-state index contributed by atoms with van der Waals surface area (Å²) in [6.45, 7) is 6.08. The van der Waals surface area contributed by atoms with Crippen molar-refractivity contribution in [1.82, 2.24) is 9.97 Å². The second-order valence-corrected chi connectivity index (χ2v) is 5.58. The molecule has 0 amide bonds. The van der Waals surface area contributed by atoms with Crippen molar-refractivity contribution < 1.29 is 4.42 Å². The van der Waals surface area contributed by atoms with Crippen LogP contribution in [-0.4, -0.2) is 9.97 Å². The molecule has 0 aliphatic carbocycles. The van der Waals surface area contributed by atoms with Gasteiger partial charge < -0.3 is 4.42 Å². The first-order chi connectivity index (χ1) is 10.6. The highest BCUT2D eigenvalue weighted by Crippen LogP contribution is 2.31. The van der Waals surface area contributed by atoms with E-state index in [0.717, 1.165) is 50.3 Å². The molecule has 0 fully saturated rings. The summed E-state index contributed by atoms with van der Waals surface area (Å²) in [7, 11) is 0. The Kier molecular flexibility index (Phi) is 2.76. The maximum Gasteiger partial charge on any atom is 0.159 e. The highest BCUT2D eigenvalue weighted by Gasteiger charge is 2.11. The van der Waals surface area contributed by atoms with E-state index in [1.165, 1.54) is 0 Å². The number of nitrogens with zero attached hydrogens (tertiary/aromatic N) is 2. The van der Waals surface area contributed by atoms with Crippen molar-refractivity contribution in [2.75, 3.05) is 0 Å². The van der Waals surface area contributed by atoms with Crippen molar-refractivity contribution >= 4 is 21.9 Å². The quantitative estimate of drug-likeness (QED) is 0.506. The number of fused-ring (bicyclic) bond motifs is 3. The first kappa shape index (κ1) is 13.0. The molecular formula is C19H15N2O. The largest absolute Gasteiger partial charge is 0.456 e. The molecule has 0 bridgehead atoms. The van der Waals surface area contributed by atoms with Gasteiger partial charge in [0, 0.05) is 27.7 Å². The predicted molar refractivity (Wildman–Crippen MR) is 87.8 cm³/mol. The van der Waals surface area contributed by atoms with Crippen LogP contribution in [0.1, 0.15) is 17.0 Å². The molecule has 1 radical (unpaired) electrons. The number of aryl methyl sites for hydroxylation is 2. The molecule has 2 aromatic carbocycles. The fraction of sp³-hybridized carbons (Fsp3) is 0.158. The van der Waals surface area contributed by atoms with E-state index >= 15 is 0 Å². The molecule has 2 aromatic heterocycles. The van der Waals surface area contributed by atoms with E-state index in [1.807, 2.05) is 51.1 Å². The van der Waals surface area contributed by atoms with Crippen molar-refractivity contribution in [3.8, 4) is 11.4 Å². The van der Waals surface area contributed by atoms with Crippen molar-refractivity contribution in [3.05, 3.63) is 59.4 Å². The molecule has 0 unspecified atom stereocenters. The molecule has 4 rings (SSSR count). The molecule has 0 saturated carbocycles. The van der Waals surface area contributed by atoms with E-state index in [4.69, 9.17) is 4.42 Å². The van der Waals surface area contributed by atoms with Gasteiger partial charge in [-0.2, -0.15) is 0 Å². The van der Waals surface area contributed by atoms with Crippen LogP contribution in [0.3, 0.4) is 0 Å². The van der Waals surface area contributed by atoms with Gasteiger partial charge in [-0.1, -0.05) is 12.1 Å². The average molecular weight is 287 g/mol. The number of furan rings is 1. The van der Waals surface area contributed by atoms with Crippen LogP contribution in [-0.2, 0) is 0 Å². The molecule has 0 aliphatic heterocycles. The zero-order valence-electron chi connectivity index (χ0n) is 12.8. The summed E-state index contributed by atoms with van der Waals surface area (Å²) >= 11 is 0. The fourth-order valence-electron chi connectivity index (χ4n) is 2.70. The number of hydrogen-bond acceptors (Lipinski definition) is 3. The Morgan fingerprint density at radius 3 is 2.45 bits per heavy atom. The lowest BCUT2D eigenvalue weighted by Gasteiger charge is -2.07. The Balaban J connectivity index is 1.94. The average Bonchev–Trinajstić information content (AvgIpc) is 2.89. The van der Waals surface area contributed by atoms with Gasteiger partial charge in [-0.15, -0.1) is 0 Å². The van der Waals surface area contributed by atoms with Crippen LogP contribution < -0.4 is 0 Å². The van der Waals surface area contributed by atoms with Crippen LogP contribution in [0.5, 0.6) is 0 Å². The van der Waals surface area contributed by atoms with Gasteiger partial charge in [0.15, 0.2) is 5.82 Å². The Morgan fingerprint density at radius 2 is 1.68 bits per heavy atom. The Hall–Kier alpha value is -2.68. The maximum absolute atomic E-state index is 5.92. The van der Waals surface area contributed by atoms with Gasteiger partial charge in [0.25, 0.3) is 0 Å². The summed E-state index contributed by atoms with van der Waals surface area (Å²) in [6, 6.07) is 15.0. The number of rotatable bonds is 1. The molecular weight excluding hydrogens is 272 g/mol. The maximum atomic E-state index is 5.92. The van der Waals surface area contributed by atoms with Crippen LogP contribution in [0.2, 0.25) is 0 Å². The monoisotopic (exact) mass is 287 g/mol. The minimum absolute atomic E-state index is 0.745. The smallest absolute Gasteiger partial charge is 0.159 e. The van der Waals surface area contributed by atoms with Crippen LogP contribution in [0, 0.1) is 26.8 Å². The third-order valence-corrected chi connectivity index (χ3v) is 4.21. The minimum Gasteiger partial charge on any atom is -0.456 e. The van der Waals surface area contributed by atoms with E-state index < -0.39 is 0 Å². The highest BCUT2D eigenvalue weighted by molar-refractivity contribution is 6.05. The lowest BCUT2D eigenvalue weighted by atomic mass is 10.1. The van der Waals surface area contributed by atoms with E-state index in [1.54, 1.807) is 0 Å². The number of hydrogen-bond donors (Lipinski definition) is 0. The molecule has 22 heavy (non-hydrogen) atoms. The van der Waals surface area contributed by atoms with E-state index in [9.17, 15) is 0 Å². The highest BCUT2D eigenvalue weighted by atomic mass is 16.3. The van der Waals surface area contributed by atoms with Gasteiger partial charge >= 0.3 is 0 Å². The lowest BCUT2D eigenvalue weighted by molar-refractivity contribution is 0.669. The Morgan fingerprint density at radius 1 is 0.909 bits per heavy atom. The summed E-state index contributed by atoms with van der Waals surface area (Å²) in [5, 5.41) is 2.18. The topological polar surface area (TPSA) is 38.9 Å². The van der Waals surface area contributed by atoms with Gasteiger partial charge in [-0.05, 0) is 56.7 Å². The molecule has 0 spiro atoms. The number of aromatic nitrogens is 2. The molecule has 3 nitrogen and oxygen atoms in total. The Bertz CT molecular complexity index is 991. The standard InChI is InChI=1S/C19H15N2O/c1-11-12(2)20-19(21-13(11)3)14-8-9-16-15-6-4-5-7-17(15)22-18(16)10-14/h5-10H,1-3H3. The van der Waals surface area contributed by atoms with Gasteiger partial charge in [-0.3, -0.25) is 0 Å². The zero-order valence-corrected chi connectivity index (χ0v) is 12.8. The first-order valence-electron chi connectivity index (χ1n) is 7.28. The second kappa shape index (κ2) is 4.67. The summed E-state index contributed by atoms with van der Waals surface area (Å²) in [4.78, 5) is 9.21. The predicted octanol–water partition coefficient (Wildman–Crippen LogP) is 4.77. The summed E-state index contributed by atoms with van der Waals surface area (Å²) in [5.74, 6) is 0.745. The van der Waals surface area contributed by atoms with E-state index in [-0.39, 0.29) is 0 Å². The summed E-state index contributed by atoms with van der Waals surface area (Å²) < 4.78 is 5.92. The first-order valence-corrected chi connectivity index (χ1v) is 7.28. The SMILES string of the molecule is Cc1nc(-c2ccc3c(c2)oc2cc[c]cc23)nc(C)c1C. The van der Waals surface area contributed by atoms with Crippen molar-refractivity contribution in [1.29, 1.82) is 0 Å². The fourth-order valence-corrected chi connectivity index (χ4v) is 2.70. The van der Waals surface area contributed by atoms with Crippen LogP contribution in [0.25, 0.3) is 33.3 Å². The third-order valence-electron chi connectivity index (χ3n) is 4.21. The molecule has 0 saturated heterocycles. The van der Waals surface area contributed by atoms with Crippen LogP contribution >= 0.6 is 0 Å². The van der Waals surface area contributed by atoms with Crippen molar-refractivity contribution in [2.24, 2.45) is 0 Å². The number of benzene rings is 2. The van der Waals surface area contributed by atoms with Crippen molar-refractivity contribution in [2.45, 2.75) is 20.8 Å². The molecule has 2 heterocycles. The normalized spacial score (nSPS) is 11.4. The van der Waals surface area contributed by atoms with Gasteiger partial charge in [0.1, 0.15) is 11.2 Å². The molecule has 107 valence electrons. The molecule has 0 atom stereocenters. The zero-order chi connectivity index (χ0) is 15.3. The Labute approximate surface area is 128 Å². The van der Waals surface area contributed by atoms with E-state index in [0.29, 0.717) is 0 Å².